The Balaban J connectivity index is 2.16. The first-order chi connectivity index (χ1) is 9.88. The van der Waals surface area contributed by atoms with E-state index in [-0.39, 0.29) is 24.2 Å². The summed E-state index contributed by atoms with van der Waals surface area (Å²) in [5.74, 6) is -0.145. The number of hydrogen-bond acceptors (Lipinski definition) is 5. The van der Waals surface area contributed by atoms with Crippen molar-refractivity contribution < 1.29 is 14.8 Å². The van der Waals surface area contributed by atoms with Gasteiger partial charge in [0.1, 0.15) is 5.69 Å². The molecule has 0 heterocycles. The first-order valence-corrected chi connectivity index (χ1v) is 6.85. The van der Waals surface area contributed by atoms with Gasteiger partial charge < -0.3 is 15.3 Å². The molecule has 1 aliphatic rings. The van der Waals surface area contributed by atoms with E-state index in [0.29, 0.717) is 11.3 Å². The molecule has 0 aromatic heterocycles. The fourth-order valence-electron chi connectivity index (χ4n) is 2.07. The Hall–Kier alpha value is -2.15. The van der Waals surface area contributed by atoms with Crippen LogP contribution in [0, 0.1) is 10.1 Å². The fraction of sp³-hybridized carbons (Fsp3) is 0.500. The highest BCUT2D eigenvalue weighted by Gasteiger charge is 2.25. The van der Waals surface area contributed by atoms with Gasteiger partial charge in [0.2, 0.25) is 5.91 Å². The zero-order valence-corrected chi connectivity index (χ0v) is 12.1. The summed E-state index contributed by atoms with van der Waals surface area (Å²) in [5.41, 5.74) is 0.715. The predicted molar refractivity (Wildman–Crippen MR) is 78.2 cm³/mol. The van der Waals surface area contributed by atoms with Crippen molar-refractivity contribution in [3.05, 3.63) is 33.9 Å². The molecule has 1 amide bonds. The molecule has 0 spiro atoms. The van der Waals surface area contributed by atoms with Gasteiger partial charge in [0, 0.05) is 19.2 Å². The van der Waals surface area contributed by atoms with Crippen LogP contribution >= 0.6 is 0 Å². The van der Waals surface area contributed by atoms with E-state index in [4.69, 9.17) is 0 Å². The molecular formula is C14H19N3O4. The van der Waals surface area contributed by atoms with E-state index in [1.54, 1.807) is 31.0 Å². The number of nitro groups is 1. The van der Waals surface area contributed by atoms with E-state index >= 15 is 0 Å². The second kappa shape index (κ2) is 6.09. The summed E-state index contributed by atoms with van der Waals surface area (Å²) in [7, 11) is 1.64. The van der Waals surface area contributed by atoms with Crippen LogP contribution in [0.5, 0.6) is 0 Å². The number of nitrogens with zero attached hydrogens (tertiary/aromatic N) is 2. The van der Waals surface area contributed by atoms with E-state index < -0.39 is 11.0 Å². The zero-order valence-electron chi connectivity index (χ0n) is 12.1. The molecule has 1 aliphatic carbocycles. The quantitative estimate of drug-likeness (QED) is 0.610. The van der Waals surface area contributed by atoms with Crippen LogP contribution in [0.1, 0.15) is 31.4 Å². The molecule has 114 valence electrons. The monoisotopic (exact) mass is 293 g/mol. The maximum absolute atomic E-state index is 11.8. The molecule has 2 rings (SSSR count). The van der Waals surface area contributed by atoms with Crippen molar-refractivity contribution in [2.24, 2.45) is 0 Å². The highest BCUT2D eigenvalue weighted by atomic mass is 16.6. The lowest BCUT2D eigenvalue weighted by Gasteiger charge is -2.19. The minimum Gasteiger partial charge on any atom is -0.389 e. The van der Waals surface area contributed by atoms with Crippen molar-refractivity contribution in [1.29, 1.82) is 0 Å². The van der Waals surface area contributed by atoms with E-state index in [9.17, 15) is 20.0 Å². The van der Waals surface area contributed by atoms with Crippen LogP contribution in [-0.2, 0) is 4.79 Å². The molecule has 21 heavy (non-hydrogen) atoms. The van der Waals surface area contributed by atoms with Crippen molar-refractivity contribution in [1.82, 2.24) is 5.32 Å². The fourth-order valence-corrected chi connectivity index (χ4v) is 2.07. The molecule has 0 saturated heterocycles. The van der Waals surface area contributed by atoms with Crippen LogP contribution in [0.15, 0.2) is 18.2 Å². The summed E-state index contributed by atoms with van der Waals surface area (Å²) in [5, 5.41) is 23.5. The molecule has 0 radical (unpaired) electrons. The number of aliphatic hydroxyl groups excluding tert-OH is 1. The average molecular weight is 293 g/mol. The zero-order chi connectivity index (χ0) is 15.6. The maximum atomic E-state index is 11.8. The summed E-state index contributed by atoms with van der Waals surface area (Å²) in [6, 6.07) is 4.79. The summed E-state index contributed by atoms with van der Waals surface area (Å²) < 4.78 is 0. The van der Waals surface area contributed by atoms with Crippen LogP contribution in [0.3, 0.4) is 0 Å². The Bertz CT molecular complexity index is 555. The number of carbonyl (C=O) groups excluding carboxylic acids is 1. The third kappa shape index (κ3) is 3.91. The van der Waals surface area contributed by atoms with Crippen molar-refractivity contribution in [2.75, 3.05) is 18.5 Å². The lowest BCUT2D eigenvalue weighted by molar-refractivity contribution is -0.384. The number of nitrogens with one attached hydrogen (secondary N) is 1. The van der Waals surface area contributed by atoms with Gasteiger partial charge >= 0.3 is 0 Å². The predicted octanol–water partition coefficient (Wildman–Crippen LogP) is 1.36. The number of likely N-dealkylation sites (N-methyl/N-ethyl adjacent to an activating group) is 1. The SMILES string of the molecule is C[C@H](O)c1ccc(N(C)CC(=O)NC2CC2)c([N+](=O)[O-])c1. The molecule has 1 saturated carbocycles. The molecule has 1 aromatic rings. The molecule has 1 aromatic carbocycles. The second-order valence-electron chi connectivity index (χ2n) is 5.38. The molecule has 1 atom stereocenters. The topological polar surface area (TPSA) is 95.7 Å². The number of rotatable bonds is 6. The number of anilines is 1. The third-order valence-electron chi connectivity index (χ3n) is 3.41. The van der Waals surface area contributed by atoms with Crippen LogP contribution in [0.4, 0.5) is 11.4 Å². The van der Waals surface area contributed by atoms with Gasteiger partial charge in [-0.2, -0.15) is 0 Å². The van der Waals surface area contributed by atoms with E-state index in [2.05, 4.69) is 5.32 Å². The first kappa shape index (κ1) is 15.2. The van der Waals surface area contributed by atoms with Crippen LogP contribution in [-0.4, -0.2) is 35.6 Å². The van der Waals surface area contributed by atoms with Crippen molar-refractivity contribution >= 4 is 17.3 Å². The Morgan fingerprint density at radius 2 is 2.24 bits per heavy atom. The second-order valence-corrected chi connectivity index (χ2v) is 5.38. The molecule has 7 nitrogen and oxygen atoms in total. The minimum atomic E-state index is -0.777. The number of aliphatic hydroxyl groups is 1. The average Bonchev–Trinajstić information content (AvgIpc) is 3.21. The number of amides is 1. The Morgan fingerprint density at radius 1 is 1.57 bits per heavy atom. The largest absolute Gasteiger partial charge is 0.389 e. The van der Waals surface area contributed by atoms with E-state index in [1.165, 1.54) is 6.07 Å². The molecule has 0 bridgehead atoms. The standard InChI is InChI=1S/C14H19N3O4/c1-9(18)10-3-6-12(13(7-10)17(20)21)16(2)8-14(19)15-11-4-5-11/h3,6-7,9,11,18H,4-5,8H2,1-2H3,(H,15,19)/t9-/m0/s1. The number of hydrogen-bond donors (Lipinski definition) is 2. The van der Waals surface area contributed by atoms with Crippen molar-refractivity contribution in [3.8, 4) is 0 Å². The van der Waals surface area contributed by atoms with Gasteiger partial charge in [0.15, 0.2) is 0 Å². The molecule has 0 aliphatic heterocycles. The maximum Gasteiger partial charge on any atom is 0.292 e. The van der Waals surface area contributed by atoms with Crippen molar-refractivity contribution in [2.45, 2.75) is 31.9 Å². The highest BCUT2D eigenvalue weighted by Crippen LogP contribution is 2.30. The first-order valence-electron chi connectivity index (χ1n) is 6.85. The Morgan fingerprint density at radius 3 is 2.76 bits per heavy atom. The lowest BCUT2D eigenvalue weighted by Crippen LogP contribution is -2.36. The third-order valence-corrected chi connectivity index (χ3v) is 3.41. The Labute approximate surface area is 122 Å². The summed E-state index contributed by atoms with van der Waals surface area (Å²) in [4.78, 5) is 24.0. The number of benzene rings is 1. The van der Waals surface area contributed by atoms with Gasteiger partial charge in [0.05, 0.1) is 17.6 Å². The van der Waals surface area contributed by atoms with Gasteiger partial charge in [-0.1, -0.05) is 6.07 Å². The van der Waals surface area contributed by atoms with E-state index in [0.717, 1.165) is 12.8 Å². The van der Waals surface area contributed by atoms with Crippen LogP contribution < -0.4 is 10.2 Å². The van der Waals surface area contributed by atoms with Crippen molar-refractivity contribution in [3.63, 3.8) is 0 Å². The summed E-state index contributed by atoms with van der Waals surface area (Å²) >= 11 is 0. The normalized spacial score (nSPS) is 15.4. The lowest BCUT2D eigenvalue weighted by atomic mass is 10.1. The smallest absolute Gasteiger partial charge is 0.292 e. The molecule has 1 fully saturated rings. The van der Waals surface area contributed by atoms with Crippen LogP contribution in [0.25, 0.3) is 0 Å². The summed E-state index contributed by atoms with van der Waals surface area (Å²) in [6.07, 6.45) is 1.22. The van der Waals surface area contributed by atoms with Gasteiger partial charge in [-0.05, 0) is 31.4 Å². The van der Waals surface area contributed by atoms with Gasteiger partial charge in [-0.15, -0.1) is 0 Å². The van der Waals surface area contributed by atoms with Gasteiger partial charge in [-0.25, -0.2) is 0 Å². The van der Waals surface area contributed by atoms with Gasteiger partial charge in [-0.3, -0.25) is 14.9 Å². The minimum absolute atomic E-state index is 0.0609. The number of carbonyl (C=O) groups is 1. The molecule has 0 unspecified atom stereocenters. The van der Waals surface area contributed by atoms with Gasteiger partial charge in [0.25, 0.3) is 5.69 Å². The Kier molecular flexibility index (Phi) is 4.42. The molecule has 2 N–H and O–H groups in total. The molecular weight excluding hydrogens is 274 g/mol. The summed E-state index contributed by atoms with van der Waals surface area (Å²) in [6.45, 7) is 1.61. The highest BCUT2D eigenvalue weighted by molar-refractivity contribution is 5.83. The number of nitro benzene ring substituents is 1. The van der Waals surface area contributed by atoms with Crippen LogP contribution in [0.2, 0.25) is 0 Å². The molecule has 7 heteroatoms. The van der Waals surface area contributed by atoms with E-state index in [1.807, 2.05) is 0 Å².